The van der Waals surface area contributed by atoms with Gasteiger partial charge in [0.2, 0.25) is 0 Å². The lowest BCUT2D eigenvalue weighted by Crippen LogP contribution is -2.43. The second kappa shape index (κ2) is 11.4. The molecule has 1 aliphatic carbocycles. The highest BCUT2D eigenvalue weighted by molar-refractivity contribution is 6.12. The molecule has 2 N–H and O–H groups in total. The van der Waals surface area contributed by atoms with Crippen LogP contribution in [0.3, 0.4) is 0 Å². The van der Waals surface area contributed by atoms with Crippen LogP contribution in [0.2, 0.25) is 0 Å². The zero-order chi connectivity index (χ0) is 25.7. The lowest BCUT2D eigenvalue weighted by atomic mass is 9.69. The first-order valence-corrected chi connectivity index (χ1v) is 11.7. The Morgan fingerprint density at radius 2 is 1.91 bits per heavy atom. The van der Waals surface area contributed by atoms with E-state index >= 15 is 0 Å². The quantitative estimate of drug-likeness (QED) is 0.308. The van der Waals surface area contributed by atoms with Gasteiger partial charge in [0.05, 0.1) is 26.4 Å². The number of phenolic OH excluding ortho intramolecular Hbond substituents is 1. The molecule has 0 aromatic heterocycles. The molecule has 9 nitrogen and oxygen atoms in total. The molecule has 1 heterocycles. The molecule has 0 radical (unpaired) electrons. The summed E-state index contributed by atoms with van der Waals surface area (Å²) in [7, 11) is 2.68. The van der Waals surface area contributed by atoms with Crippen molar-refractivity contribution in [3.8, 4) is 11.5 Å². The minimum absolute atomic E-state index is 0.0534. The van der Waals surface area contributed by atoms with Gasteiger partial charge in [0.15, 0.2) is 17.3 Å². The molecule has 0 bridgehead atoms. The molecule has 2 aliphatic rings. The molecule has 3 rings (SSSR count). The highest BCUT2D eigenvalue weighted by atomic mass is 16.6. The van der Waals surface area contributed by atoms with Crippen LogP contribution in [0, 0.1) is 11.8 Å². The van der Waals surface area contributed by atoms with E-state index < -0.39 is 29.6 Å². The number of carbonyl (C=O) groups is 3. The molecule has 1 aliphatic heterocycles. The van der Waals surface area contributed by atoms with E-state index in [4.69, 9.17) is 18.9 Å². The summed E-state index contributed by atoms with van der Waals surface area (Å²) >= 11 is 0. The number of esters is 2. The fraction of sp³-hybridized carbons (Fsp3) is 0.500. The smallest absolute Gasteiger partial charge is 0.336 e. The van der Waals surface area contributed by atoms with Gasteiger partial charge in [0.25, 0.3) is 0 Å². The number of dihydropyridines is 1. The van der Waals surface area contributed by atoms with Crippen molar-refractivity contribution < 1.29 is 38.4 Å². The van der Waals surface area contributed by atoms with Crippen molar-refractivity contribution in [2.24, 2.45) is 11.8 Å². The number of aromatic hydroxyl groups is 1. The van der Waals surface area contributed by atoms with E-state index in [0.29, 0.717) is 35.6 Å². The number of hydrogen-bond acceptors (Lipinski definition) is 9. The van der Waals surface area contributed by atoms with Crippen LogP contribution in [-0.2, 0) is 28.6 Å². The van der Waals surface area contributed by atoms with Gasteiger partial charge < -0.3 is 29.4 Å². The van der Waals surface area contributed by atoms with Crippen LogP contribution in [0.1, 0.15) is 45.1 Å². The van der Waals surface area contributed by atoms with Gasteiger partial charge in [0, 0.05) is 29.5 Å². The Labute approximate surface area is 205 Å². The molecular weight excluding hydrogens is 454 g/mol. The van der Waals surface area contributed by atoms with E-state index in [1.165, 1.54) is 20.3 Å². The van der Waals surface area contributed by atoms with Gasteiger partial charge in [-0.15, -0.1) is 0 Å². The predicted octanol–water partition coefficient (Wildman–Crippen LogP) is 2.98. The maximum atomic E-state index is 13.7. The molecule has 190 valence electrons. The maximum absolute atomic E-state index is 13.7. The molecule has 0 amide bonds. The predicted molar refractivity (Wildman–Crippen MR) is 127 cm³/mol. The molecule has 0 unspecified atom stereocenters. The fourth-order valence-corrected chi connectivity index (χ4v) is 4.69. The van der Waals surface area contributed by atoms with Gasteiger partial charge in [-0.3, -0.25) is 9.59 Å². The standard InChI is InChI=1S/C26H33NO8/c1-6-9-34-10-11-35-26(31)21-15(3)27-17-12-14(2)20(25(30)33-5)24(29)23(17)22(21)16-7-8-19(32-4)18(28)13-16/h7-8,13-14,20,22,27-28H,6,9-12H2,1-5H3/t14-,20+,22+/m0/s1. The molecule has 9 heteroatoms. The highest BCUT2D eigenvalue weighted by Crippen LogP contribution is 2.46. The van der Waals surface area contributed by atoms with E-state index in [2.05, 4.69) is 5.32 Å². The second-order valence-corrected chi connectivity index (χ2v) is 8.71. The van der Waals surface area contributed by atoms with Gasteiger partial charge in [-0.2, -0.15) is 0 Å². The summed E-state index contributed by atoms with van der Waals surface area (Å²) in [6.07, 6.45) is 1.27. The summed E-state index contributed by atoms with van der Waals surface area (Å²) in [6, 6.07) is 4.71. The molecule has 0 spiro atoms. The molecule has 0 saturated heterocycles. The number of carbonyl (C=O) groups excluding carboxylic acids is 3. The Morgan fingerprint density at radius 3 is 2.54 bits per heavy atom. The third-order valence-electron chi connectivity index (χ3n) is 6.31. The molecule has 0 fully saturated rings. The Balaban J connectivity index is 2.06. The fourth-order valence-electron chi connectivity index (χ4n) is 4.69. The van der Waals surface area contributed by atoms with Crippen LogP contribution < -0.4 is 10.1 Å². The highest BCUT2D eigenvalue weighted by Gasteiger charge is 2.47. The maximum Gasteiger partial charge on any atom is 0.336 e. The van der Waals surface area contributed by atoms with Gasteiger partial charge in [-0.25, -0.2) is 4.79 Å². The van der Waals surface area contributed by atoms with Crippen LogP contribution in [-0.4, -0.2) is 56.9 Å². The van der Waals surface area contributed by atoms with Crippen LogP contribution in [0.4, 0.5) is 0 Å². The first kappa shape index (κ1) is 26.3. The summed E-state index contributed by atoms with van der Waals surface area (Å²) in [5.74, 6) is -3.65. The van der Waals surface area contributed by atoms with E-state index in [1.54, 1.807) is 19.1 Å². The molecular formula is C26H33NO8. The summed E-state index contributed by atoms with van der Waals surface area (Å²) < 4.78 is 20.9. The van der Waals surface area contributed by atoms with Gasteiger partial charge in [-0.05, 0) is 43.4 Å². The monoisotopic (exact) mass is 487 g/mol. The van der Waals surface area contributed by atoms with Gasteiger partial charge in [0.1, 0.15) is 12.5 Å². The summed E-state index contributed by atoms with van der Waals surface area (Å²) in [5, 5.41) is 13.7. The zero-order valence-corrected chi connectivity index (χ0v) is 20.8. The van der Waals surface area contributed by atoms with Crippen molar-refractivity contribution >= 4 is 17.7 Å². The zero-order valence-electron chi connectivity index (χ0n) is 20.8. The second-order valence-electron chi connectivity index (χ2n) is 8.71. The first-order valence-electron chi connectivity index (χ1n) is 11.7. The molecule has 35 heavy (non-hydrogen) atoms. The average Bonchev–Trinajstić information content (AvgIpc) is 2.82. The van der Waals surface area contributed by atoms with Crippen LogP contribution >= 0.6 is 0 Å². The Hall–Kier alpha value is -3.33. The Morgan fingerprint density at radius 1 is 1.17 bits per heavy atom. The van der Waals surface area contributed by atoms with Gasteiger partial charge >= 0.3 is 11.9 Å². The number of ether oxygens (including phenoxy) is 4. The Kier molecular flexibility index (Phi) is 8.56. The topological polar surface area (TPSA) is 120 Å². The number of benzene rings is 1. The lowest BCUT2D eigenvalue weighted by molar-refractivity contribution is -0.151. The number of Topliss-reactive ketones (excluding diaryl/α,β-unsaturated/α-hetero) is 1. The number of allylic oxidation sites excluding steroid dienone is 3. The van der Waals surface area contributed by atoms with Crippen LogP contribution in [0.15, 0.2) is 40.7 Å². The van der Waals surface area contributed by atoms with Crippen molar-refractivity contribution in [3.05, 3.63) is 46.3 Å². The number of rotatable bonds is 9. The molecule has 1 aromatic rings. The SMILES string of the molecule is CCCOCCOC(=O)C1=C(C)NC2=C(C(=O)[C@H](C(=O)OC)[C@@H](C)C2)[C@@H]1c1ccc(OC)c(O)c1. The molecule has 3 atom stereocenters. The van der Waals surface area contributed by atoms with Crippen LogP contribution in [0.25, 0.3) is 0 Å². The van der Waals surface area contributed by atoms with E-state index in [9.17, 15) is 19.5 Å². The van der Waals surface area contributed by atoms with Gasteiger partial charge in [-0.1, -0.05) is 19.9 Å². The van der Waals surface area contributed by atoms with Crippen molar-refractivity contribution in [1.82, 2.24) is 5.32 Å². The van der Waals surface area contributed by atoms with E-state index in [0.717, 1.165) is 6.42 Å². The number of ketones is 1. The third kappa shape index (κ3) is 5.35. The third-order valence-corrected chi connectivity index (χ3v) is 6.31. The number of hydrogen-bond donors (Lipinski definition) is 2. The molecule has 0 saturated carbocycles. The number of methoxy groups -OCH3 is 2. The minimum atomic E-state index is -0.993. The summed E-state index contributed by atoms with van der Waals surface area (Å²) in [4.78, 5) is 39.4. The first-order chi connectivity index (χ1) is 16.7. The Bertz CT molecular complexity index is 1060. The van der Waals surface area contributed by atoms with E-state index in [-0.39, 0.29) is 36.2 Å². The summed E-state index contributed by atoms with van der Waals surface area (Å²) in [5.41, 5.74) is 2.21. The number of phenols is 1. The van der Waals surface area contributed by atoms with Crippen molar-refractivity contribution in [2.45, 2.75) is 39.5 Å². The largest absolute Gasteiger partial charge is 0.504 e. The summed E-state index contributed by atoms with van der Waals surface area (Å²) in [6.45, 7) is 6.41. The minimum Gasteiger partial charge on any atom is -0.504 e. The van der Waals surface area contributed by atoms with Crippen LogP contribution in [0.5, 0.6) is 11.5 Å². The number of nitrogens with one attached hydrogen (secondary N) is 1. The molecule has 1 aromatic carbocycles. The van der Waals surface area contributed by atoms with Crippen molar-refractivity contribution in [2.75, 3.05) is 34.0 Å². The van der Waals surface area contributed by atoms with Crippen molar-refractivity contribution in [1.29, 1.82) is 0 Å². The van der Waals surface area contributed by atoms with E-state index in [1.807, 2.05) is 13.8 Å². The lowest BCUT2D eigenvalue weighted by Gasteiger charge is -2.38. The average molecular weight is 488 g/mol. The normalized spacial score (nSPS) is 21.9. The van der Waals surface area contributed by atoms with Crippen molar-refractivity contribution in [3.63, 3.8) is 0 Å².